The summed E-state index contributed by atoms with van der Waals surface area (Å²) in [6, 6.07) is 6.82. The molecule has 2 aliphatic rings. The number of nitrogens with zero attached hydrogens (tertiary/aromatic N) is 4. The lowest BCUT2D eigenvalue weighted by Gasteiger charge is -2.39. The standard InChI is InChI=1S/C22H34FN5O.HI/c1-3-24-22(25-11-10-19-8-4-5-9-20(19)23)28-16-14-26(15-17-28)18(2)21(29)27-12-6-7-13-27;/h4-5,8-9,18H,3,6-7,10-17H2,1-2H3,(H,24,25);1H. The molecule has 168 valence electrons. The minimum absolute atomic E-state index is 0. The van der Waals surface area contributed by atoms with Crippen molar-refractivity contribution in [1.29, 1.82) is 0 Å². The lowest BCUT2D eigenvalue weighted by Crippen LogP contribution is -2.57. The zero-order chi connectivity index (χ0) is 20.6. The number of carbonyl (C=O) groups is 1. The average molecular weight is 531 g/mol. The van der Waals surface area contributed by atoms with Gasteiger partial charge in [-0.3, -0.25) is 14.7 Å². The molecule has 1 atom stereocenters. The van der Waals surface area contributed by atoms with Gasteiger partial charge in [-0.15, -0.1) is 24.0 Å². The maximum Gasteiger partial charge on any atom is 0.239 e. The fraction of sp³-hybridized carbons (Fsp3) is 0.636. The number of hydrogen-bond donors (Lipinski definition) is 1. The number of hydrogen-bond acceptors (Lipinski definition) is 3. The van der Waals surface area contributed by atoms with Gasteiger partial charge in [0, 0.05) is 52.4 Å². The zero-order valence-electron chi connectivity index (χ0n) is 18.1. The van der Waals surface area contributed by atoms with Crippen LogP contribution in [-0.4, -0.2) is 85.0 Å². The molecule has 0 bridgehead atoms. The van der Waals surface area contributed by atoms with Crippen molar-refractivity contribution >= 4 is 35.8 Å². The molecule has 3 rings (SSSR count). The lowest BCUT2D eigenvalue weighted by molar-refractivity contribution is -0.135. The largest absolute Gasteiger partial charge is 0.357 e. The van der Waals surface area contributed by atoms with Crippen LogP contribution in [0.4, 0.5) is 4.39 Å². The Morgan fingerprint density at radius 2 is 1.77 bits per heavy atom. The second kappa shape index (κ2) is 12.4. The molecule has 2 aliphatic heterocycles. The van der Waals surface area contributed by atoms with Gasteiger partial charge in [-0.05, 0) is 44.7 Å². The number of aliphatic imine (C=N–C) groups is 1. The molecule has 1 aromatic rings. The Bertz CT molecular complexity index is 703. The molecule has 0 radical (unpaired) electrons. The van der Waals surface area contributed by atoms with E-state index in [-0.39, 0.29) is 41.7 Å². The molecule has 1 unspecified atom stereocenters. The van der Waals surface area contributed by atoms with Crippen molar-refractivity contribution in [3.8, 4) is 0 Å². The molecule has 6 nitrogen and oxygen atoms in total. The summed E-state index contributed by atoms with van der Waals surface area (Å²) in [6.45, 7) is 10.6. The Kier molecular flexibility index (Phi) is 10.3. The number of rotatable bonds is 6. The van der Waals surface area contributed by atoms with E-state index in [1.807, 2.05) is 24.0 Å². The van der Waals surface area contributed by atoms with Crippen LogP contribution in [0, 0.1) is 5.82 Å². The Hall–Kier alpha value is -1.42. The fourth-order valence-electron chi connectivity index (χ4n) is 4.09. The van der Waals surface area contributed by atoms with Crippen molar-refractivity contribution in [1.82, 2.24) is 20.0 Å². The second-order valence-corrected chi connectivity index (χ2v) is 7.81. The number of benzene rings is 1. The summed E-state index contributed by atoms with van der Waals surface area (Å²) in [7, 11) is 0. The van der Waals surface area contributed by atoms with Crippen LogP contribution in [0.3, 0.4) is 0 Å². The number of likely N-dealkylation sites (tertiary alicyclic amines) is 1. The summed E-state index contributed by atoms with van der Waals surface area (Å²) in [5, 5.41) is 3.35. The molecule has 30 heavy (non-hydrogen) atoms. The van der Waals surface area contributed by atoms with Crippen LogP contribution >= 0.6 is 24.0 Å². The van der Waals surface area contributed by atoms with Crippen LogP contribution < -0.4 is 5.32 Å². The van der Waals surface area contributed by atoms with E-state index < -0.39 is 0 Å². The van der Waals surface area contributed by atoms with E-state index in [4.69, 9.17) is 4.99 Å². The summed E-state index contributed by atoms with van der Waals surface area (Å²) in [5.41, 5.74) is 0.700. The molecule has 1 aromatic carbocycles. The molecule has 0 aliphatic carbocycles. The molecule has 2 heterocycles. The number of amides is 1. The summed E-state index contributed by atoms with van der Waals surface area (Å²) in [5.74, 6) is 0.974. The van der Waals surface area contributed by atoms with Crippen molar-refractivity contribution < 1.29 is 9.18 Å². The Labute approximate surface area is 196 Å². The van der Waals surface area contributed by atoms with Crippen molar-refractivity contribution in [2.24, 2.45) is 4.99 Å². The van der Waals surface area contributed by atoms with Crippen LogP contribution in [0.1, 0.15) is 32.3 Å². The number of nitrogens with one attached hydrogen (secondary N) is 1. The molecular formula is C22H35FIN5O. The number of halogens is 2. The van der Waals surface area contributed by atoms with E-state index in [2.05, 4.69) is 22.0 Å². The Morgan fingerprint density at radius 1 is 1.10 bits per heavy atom. The van der Waals surface area contributed by atoms with Crippen molar-refractivity contribution in [2.75, 3.05) is 52.4 Å². The molecule has 0 saturated carbocycles. The quantitative estimate of drug-likeness (QED) is 0.349. The second-order valence-electron chi connectivity index (χ2n) is 7.81. The first kappa shape index (κ1) is 24.8. The topological polar surface area (TPSA) is 51.2 Å². The lowest BCUT2D eigenvalue weighted by atomic mass is 10.1. The van der Waals surface area contributed by atoms with E-state index in [9.17, 15) is 9.18 Å². The van der Waals surface area contributed by atoms with Gasteiger partial charge in [-0.2, -0.15) is 0 Å². The van der Waals surface area contributed by atoms with Crippen LogP contribution in [-0.2, 0) is 11.2 Å². The third-order valence-electron chi connectivity index (χ3n) is 5.87. The SMILES string of the molecule is CCNC(=NCCc1ccccc1F)N1CCN(C(C)C(=O)N2CCCC2)CC1.I. The Morgan fingerprint density at radius 3 is 2.40 bits per heavy atom. The van der Waals surface area contributed by atoms with Gasteiger partial charge in [0.15, 0.2) is 5.96 Å². The highest BCUT2D eigenvalue weighted by molar-refractivity contribution is 14.0. The maximum absolute atomic E-state index is 13.8. The highest BCUT2D eigenvalue weighted by Crippen LogP contribution is 2.14. The minimum Gasteiger partial charge on any atom is -0.357 e. The summed E-state index contributed by atoms with van der Waals surface area (Å²) < 4.78 is 13.8. The van der Waals surface area contributed by atoms with Gasteiger partial charge in [0.1, 0.15) is 5.82 Å². The van der Waals surface area contributed by atoms with Gasteiger partial charge in [0.2, 0.25) is 5.91 Å². The maximum atomic E-state index is 13.8. The molecule has 2 saturated heterocycles. The van der Waals surface area contributed by atoms with E-state index >= 15 is 0 Å². The minimum atomic E-state index is -0.169. The normalized spacial score (nSPS) is 18.8. The molecule has 0 aromatic heterocycles. The highest BCUT2D eigenvalue weighted by Gasteiger charge is 2.30. The summed E-state index contributed by atoms with van der Waals surface area (Å²) in [4.78, 5) is 23.9. The van der Waals surface area contributed by atoms with Crippen LogP contribution in [0.15, 0.2) is 29.3 Å². The smallest absolute Gasteiger partial charge is 0.239 e. The Balaban J connectivity index is 0.00000320. The van der Waals surface area contributed by atoms with Gasteiger partial charge < -0.3 is 15.1 Å². The van der Waals surface area contributed by atoms with Gasteiger partial charge in [-0.25, -0.2) is 4.39 Å². The van der Waals surface area contributed by atoms with Gasteiger partial charge >= 0.3 is 0 Å². The van der Waals surface area contributed by atoms with Gasteiger partial charge in [0.05, 0.1) is 6.04 Å². The van der Waals surface area contributed by atoms with Crippen LogP contribution in [0.2, 0.25) is 0 Å². The van der Waals surface area contributed by atoms with Crippen molar-refractivity contribution in [2.45, 2.75) is 39.2 Å². The predicted molar refractivity (Wildman–Crippen MR) is 130 cm³/mol. The molecular weight excluding hydrogens is 496 g/mol. The average Bonchev–Trinajstić information content (AvgIpc) is 3.28. The molecule has 0 spiro atoms. The summed E-state index contributed by atoms with van der Waals surface area (Å²) >= 11 is 0. The number of piperazine rings is 1. The molecule has 8 heteroatoms. The molecule has 2 fully saturated rings. The third-order valence-corrected chi connectivity index (χ3v) is 5.87. The monoisotopic (exact) mass is 531 g/mol. The highest BCUT2D eigenvalue weighted by atomic mass is 127. The van der Waals surface area contributed by atoms with E-state index in [0.29, 0.717) is 18.5 Å². The number of carbonyl (C=O) groups excluding carboxylic acids is 1. The third kappa shape index (κ3) is 6.54. The summed E-state index contributed by atoms with van der Waals surface area (Å²) in [6.07, 6.45) is 2.84. The van der Waals surface area contributed by atoms with Gasteiger partial charge in [0.25, 0.3) is 0 Å². The predicted octanol–water partition coefficient (Wildman–Crippen LogP) is 2.58. The molecule has 1 N–H and O–H groups in total. The first-order chi connectivity index (χ1) is 14.1. The van der Waals surface area contributed by atoms with Crippen LogP contribution in [0.5, 0.6) is 0 Å². The molecule has 1 amide bonds. The zero-order valence-corrected chi connectivity index (χ0v) is 20.5. The first-order valence-corrected chi connectivity index (χ1v) is 10.9. The fourth-order valence-corrected chi connectivity index (χ4v) is 4.09. The first-order valence-electron chi connectivity index (χ1n) is 10.9. The van der Waals surface area contributed by atoms with E-state index in [1.165, 1.54) is 6.07 Å². The van der Waals surface area contributed by atoms with E-state index in [0.717, 1.165) is 64.6 Å². The van der Waals surface area contributed by atoms with Crippen LogP contribution in [0.25, 0.3) is 0 Å². The van der Waals surface area contributed by atoms with Crippen molar-refractivity contribution in [3.05, 3.63) is 35.6 Å². The van der Waals surface area contributed by atoms with Gasteiger partial charge in [-0.1, -0.05) is 18.2 Å². The van der Waals surface area contributed by atoms with E-state index in [1.54, 1.807) is 6.07 Å². The number of guanidine groups is 1. The van der Waals surface area contributed by atoms with Crippen molar-refractivity contribution in [3.63, 3.8) is 0 Å².